The second kappa shape index (κ2) is 6.33. The third kappa shape index (κ3) is 4.19. The fourth-order valence-corrected chi connectivity index (χ4v) is 1.34. The summed E-state index contributed by atoms with van der Waals surface area (Å²) in [6.07, 6.45) is 7.72. The van der Waals surface area contributed by atoms with E-state index in [4.69, 9.17) is 0 Å². The van der Waals surface area contributed by atoms with E-state index in [9.17, 15) is 0 Å². The molecule has 0 aliphatic rings. The Morgan fingerprint density at radius 1 is 1.64 bits per heavy atom. The van der Waals surface area contributed by atoms with Crippen molar-refractivity contribution in [2.75, 3.05) is 6.54 Å². The van der Waals surface area contributed by atoms with Gasteiger partial charge >= 0.3 is 0 Å². The van der Waals surface area contributed by atoms with Crippen LogP contribution in [0.3, 0.4) is 0 Å². The normalized spacial score (nSPS) is 12.4. The highest BCUT2D eigenvalue weighted by molar-refractivity contribution is 5.08. The van der Waals surface area contributed by atoms with Gasteiger partial charge < -0.3 is 5.32 Å². The summed E-state index contributed by atoms with van der Waals surface area (Å²) in [6.45, 7) is 6.89. The summed E-state index contributed by atoms with van der Waals surface area (Å²) in [6, 6.07) is 4.60. The number of aromatic nitrogens is 1. The molecule has 2 heteroatoms. The smallest absolute Gasteiger partial charge is 0.0300 e. The first-order valence-electron chi connectivity index (χ1n) is 5.06. The van der Waals surface area contributed by atoms with Gasteiger partial charge in [0, 0.05) is 18.4 Å². The third-order valence-corrected chi connectivity index (χ3v) is 2.15. The van der Waals surface area contributed by atoms with Crippen molar-refractivity contribution in [1.29, 1.82) is 0 Å². The topological polar surface area (TPSA) is 24.9 Å². The predicted octanol–water partition coefficient (Wildman–Crippen LogP) is 2.18. The highest BCUT2D eigenvalue weighted by atomic mass is 14.9. The Kier molecular flexibility index (Phi) is 4.94. The number of hydrogen-bond donors (Lipinski definition) is 1. The molecule has 0 spiro atoms. The van der Waals surface area contributed by atoms with Crippen LogP contribution in [0, 0.1) is 0 Å². The van der Waals surface area contributed by atoms with Crippen LogP contribution in [0.25, 0.3) is 0 Å². The van der Waals surface area contributed by atoms with E-state index in [0.29, 0.717) is 6.04 Å². The molecule has 0 saturated heterocycles. The summed E-state index contributed by atoms with van der Waals surface area (Å²) in [5, 5.41) is 3.43. The van der Waals surface area contributed by atoms with Crippen LogP contribution in [0.1, 0.15) is 18.9 Å². The number of nitrogens with one attached hydrogen (secondary N) is 1. The van der Waals surface area contributed by atoms with E-state index in [1.807, 2.05) is 18.3 Å². The summed E-state index contributed by atoms with van der Waals surface area (Å²) in [7, 11) is 0. The highest BCUT2D eigenvalue weighted by Gasteiger charge is 1.97. The third-order valence-electron chi connectivity index (χ3n) is 2.15. The van der Waals surface area contributed by atoms with Gasteiger partial charge in [-0.05, 0) is 37.9 Å². The second-order valence-electron chi connectivity index (χ2n) is 3.49. The lowest BCUT2D eigenvalue weighted by Crippen LogP contribution is -2.27. The fraction of sp³-hybridized carbons (Fsp3) is 0.417. The molecular weight excluding hydrogens is 172 g/mol. The molecule has 1 rings (SSSR count). The van der Waals surface area contributed by atoms with Crippen LogP contribution in [-0.4, -0.2) is 17.6 Å². The molecule has 0 aromatic carbocycles. The zero-order valence-corrected chi connectivity index (χ0v) is 8.74. The molecule has 1 atom stereocenters. The monoisotopic (exact) mass is 190 g/mol. The lowest BCUT2D eigenvalue weighted by Gasteiger charge is -2.10. The van der Waals surface area contributed by atoms with E-state index >= 15 is 0 Å². The van der Waals surface area contributed by atoms with Crippen molar-refractivity contribution in [1.82, 2.24) is 10.3 Å². The van der Waals surface area contributed by atoms with Crippen LogP contribution in [0.2, 0.25) is 0 Å². The van der Waals surface area contributed by atoms with Crippen molar-refractivity contribution in [3.8, 4) is 0 Å². The molecule has 1 aromatic rings. The van der Waals surface area contributed by atoms with Gasteiger partial charge in [-0.3, -0.25) is 4.98 Å². The van der Waals surface area contributed by atoms with Crippen molar-refractivity contribution in [3.05, 3.63) is 42.7 Å². The Labute approximate surface area is 86.1 Å². The van der Waals surface area contributed by atoms with Crippen LogP contribution >= 0.6 is 0 Å². The molecule has 0 saturated carbocycles. The van der Waals surface area contributed by atoms with Crippen LogP contribution in [0.15, 0.2) is 37.2 Å². The summed E-state index contributed by atoms with van der Waals surface area (Å²) in [5.74, 6) is 0. The zero-order valence-electron chi connectivity index (χ0n) is 8.74. The molecule has 1 aromatic heterocycles. The maximum atomic E-state index is 4.07. The maximum absolute atomic E-state index is 4.07. The van der Waals surface area contributed by atoms with E-state index in [1.165, 1.54) is 5.56 Å². The molecule has 0 bridgehead atoms. The van der Waals surface area contributed by atoms with Crippen molar-refractivity contribution in [3.63, 3.8) is 0 Å². The molecule has 0 amide bonds. The van der Waals surface area contributed by atoms with Gasteiger partial charge in [0.1, 0.15) is 0 Å². The Morgan fingerprint density at radius 2 is 2.50 bits per heavy atom. The molecule has 0 aliphatic heterocycles. The average molecular weight is 190 g/mol. The van der Waals surface area contributed by atoms with Gasteiger partial charge in [-0.25, -0.2) is 0 Å². The summed E-state index contributed by atoms with van der Waals surface area (Å²) in [4.78, 5) is 4.07. The molecule has 0 aliphatic carbocycles. The molecule has 1 heterocycles. The van der Waals surface area contributed by atoms with Crippen LogP contribution in [0.4, 0.5) is 0 Å². The van der Waals surface area contributed by atoms with Gasteiger partial charge in [0.05, 0.1) is 0 Å². The Balaban J connectivity index is 2.18. The van der Waals surface area contributed by atoms with Crippen molar-refractivity contribution < 1.29 is 0 Å². The molecule has 0 radical (unpaired) electrons. The minimum absolute atomic E-state index is 0.518. The largest absolute Gasteiger partial charge is 0.314 e. The first kappa shape index (κ1) is 10.9. The van der Waals surface area contributed by atoms with Crippen LogP contribution in [0.5, 0.6) is 0 Å². The zero-order chi connectivity index (χ0) is 10.2. The molecule has 2 nitrogen and oxygen atoms in total. The van der Waals surface area contributed by atoms with Crippen molar-refractivity contribution in [2.45, 2.75) is 25.8 Å². The number of pyridine rings is 1. The Morgan fingerprint density at radius 3 is 3.14 bits per heavy atom. The van der Waals surface area contributed by atoms with E-state index < -0.39 is 0 Å². The fourth-order valence-electron chi connectivity index (χ4n) is 1.34. The van der Waals surface area contributed by atoms with Gasteiger partial charge in [-0.2, -0.15) is 0 Å². The van der Waals surface area contributed by atoms with Gasteiger partial charge in [-0.15, -0.1) is 6.58 Å². The standard InChI is InChI=1S/C12H18N2/c1-3-5-11(2)14-9-7-12-6-4-8-13-10-12/h3-4,6,8,10-11,14H,1,5,7,9H2,2H3. The summed E-state index contributed by atoms with van der Waals surface area (Å²) >= 11 is 0. The van der Waals surface area contributed by atoms with E-state index in [1.54, 1.807) is 6.20 Å². The lowest BCUT2D eigenvalue weighted by molar-refractivity contribution is 0.556. The second-order valence-corrected chi connectivity index (χ2v) is 3.49. The van der Waals surface area contributed by atoms with E-state index in [-0.39, 0.29) is 0 Å². The Hall–Kier alpha value is -1.15. The SMILES string of the molecule is C=CCC(C)NCCc1cccnc1. The van der Waals surface area contributed by atoms with E-state index in [2.05, 4.69) is 29.9 Å². The quantitative estimate of drug-likeness (QED) is 0.695. The number of hydrogen-bond acceptors (Lipinski definition) is 2. The molecule has 1 unspecified atom stereocenters. The lowest BCUT2D eigenvalue weighted by atomic mass is 10.2. The average Bonchev–Trinajstić information content (AvgIpc) is 2.20. The molecule has 14 heavy (non-hydrogen) atoms. The summed E-state index contributed by atoms with van der Waals surface area (Å²) in [5.41, 5.74) is 1.28. The van der Waals surface area contributed by atoms with Crippen LogP contribution in [-0.2, 0) is 6.42 Å². The van der Waals surface area contributed by atoms with Gasteiger partial charge in [0.2, 0.25) is 0 Å². The van der Waals surface area contributed by atoms with Crippen molar-refractivity contribution >= 4 is 0 Å². The van der Waals surface area contributed by atoms with E-state index in [0.717, 1.165) is 19.4 Å². The first-order valence-corrected chi connectivity index (χ1v) is 5.06. The number of rotatable bonds is 6. The predicted molar refractivity (Wildman–Crippen MR) is 60.2 cm³/mol. The van der Waals surface area contributed by atoms with Gasteiger partial charge in [0.15, 0.2) is 0 Å². The molecular formula is C12H18N2. The first-order chi connectivity index (χ1) is 6.83. The van der Waals surface area contributed by atoms with Crippen LogP contribution < -0.4 is 5.32 Å². The van der Waals surface area contributed by atoms with Gasteiger partial charge in [-0.1, -0.05) is 12.1 Å². The minimum atomic E-state index is 0.518. The van der Waals surface area contributed by atoms with Gasteiger partial charge in [0.25, 0.3) is 0 Å². The number of nitrogens with zero attached hydrogens (tertiary/aromatic N) is 1. The molecule has 1 N–H and O–H groups in total. The maximum Gasteiger partial charge on any atom is 0.0300 e. The van der Waals surface area contributed by atoms with Crippen molar-refractivity contribution in [2.24, 2.45) is 0 Å². The molecule has 0 fully saturated rings. The minimum Gasteiger partial charge on any atom is -0.314 e. The summed E-state index contributed by atoms with van der Waals surface area (Å²) < 4.78 is 0. The molecule has 76 valence electrons. The highest BCUT2D eigenvalue weighted by Crippen LogP contribution is 1.97. The Bertz CT molecular complexity index is 256.